The second kappa shape index (κ2) is 6.15. The Morgan fingerprint density at radius 1 is 1.40 bits per heavy atom. The molecule has 0 aliphatic carbocycles. The average Bonchev–Trinajstić information content (AvgIpc) is 2.82. The number of nitrogens with zero attached hydrogens (tertiary/aromatic N) is 1. The van der Waals surface area contributed by atoms with E-state index >= 15 is 0 Å². The second-order valence-electron chi connectivity index (χ2n) is 4.02. The Bertz CT molecular complexity index is 668. The molecule has 2 aromatic rings. The topological polar surface area (TPSA) is 69.4 Å². The highest BCUT2D eigenvalue weighted by Gasteiger charge is 2.12. The lowest BCUT2D eigenvalue weighted by Crippen LogP contribution is -2.10. The van der Waals surface area contributed by atoms with E-state index in [1.807, 2.05) is 13.0 Å². The number of rotatable bonds is 5. The van der Waals surface area contributed by atoms with Crippen molar-refractivity contribution < 1.29 is 14.5 Å². The third-order valence-corrected chi connectivity index (χ3v) is 3.95. The zero-order valence-electron chi connectivity index (χ0n) is 10.5. The summed E-state index contributed by atoms with van der Waals surface area (Å²) < 4.78 is 5.85. The number of ketones is 1. The maximum atomic E-state index is 11.9. The number of nitro benzene ring substituents is 1. The van der Waals surface area contributed by atoms with Crippen molar-refractivity contribution in [3.63, 3.8) is 0 Å². The molecule has 2 rings (SSSR count). The third-order valence-electron chi connectivity index (χ3n) is 2.45. The fourth-order valence-corrected chi connectivity index (χ4v) is 2.79. The van der Waals surface area contributed by atoms with Crippen molar-refractivity contribution in [1.82, 2.24) is 0 Å². The molecular weight excluding hydrogens is 346 g/mol. The number of carbonyl (C=O) groups is 1. The number of thiophene rings is 1. The largest absolute Gasteiger partial charge is 0.485 e. The van der Waals surface area contributed by atoms with Gasteiger partial charge < -0.3 is 4.74 Å². The van der Waals surface area contributed by atoms with E-state index in [2.05, 4.69) is 15.9 Å². The Morgan fingerprint density at radius 2 is 2.15 bits per heavy atom. The number of aryl methyl sites for hydroxylation is 1. The van der Waals surface area contributed by atoms with Gasteiger partial charge in [-0.1, -0.05) is 15.9 Å². The molecule has 0 aliphatic rings. The molecule has 104 valence electrons. The fraction of sp³-hybridized carbons (Fsp3) is 0.154. The van der Waals surface area contributed by atoms with Gasteiger partial charge in [0.15, 0.2) is 6.61 Å². The van der Waals surface area contributed by atoms with Crippen molar-refractivity contribution in [2.45, 2.75) is 6.92 Å². The summed E-state index contributed by atoms with van der Waals surface area (Å²) in [4.78, 5) is 23.8. The maximum Gasteiger partial charge on any atom is 0.274 e. The smallest absolute Gasteiger partial charge is 0.274 e. The number of hydrogen-bond acceptors (Lipinski definition) is 5. The summed E-state index contributed by atoms with van der Waals surface area (Å²) in [6, 6.07) is 7.85. The van der Waals surface area contributed by atoms with Gasteiger partial charge in [-0.2, -0.15) is 0 Å². The van der Waals surface area contributed by atoms with Crippen LogP contribution < -0.4 is 4.74 Å². The molecule has 0 unspecified atom stereocenters. The Balaban J connectivity index is 2.07. The molecule has 0 aliphatic heterocycles. The number of nitro groups is 1. The summed E-state index contributed by atoms with van der Waals surface area (Å²) >= 11 is 4.56. The molecule has 1 aromatic heterocycles. The van der Waals surface area contributed by atoms with E-state index in [-0.39, 0.29) is 23.8 Å². The highest BCUT2D eigenvalue weighted by molar-refractivity contribution is 9.10. The van der Waals surface area contributed by atoms with E-state index in [0.29, 0.717) is 9.35 Å². The van der Waals surface area contributed by atoms with E-state index in [0.717, 1.165) is 4.88 Å². The minimum absolute atomic E-state index is 0.0891. The van der Waals surface area contributed by atoms with Crippen LogP contribution in [-0.4, -0.2) is 17.3 Å². The summed E-state index contributed by atoms with van der Waals surface area (Å²) in [6.45, 7) is 1.77. The van der Waals surface area contributed by atoms with Crippen molar-refractivity contribution in [2.75, 3.05) is 6.61 Å². The van der Waals surface area contributed by atoms with Gasteiger partial charge >= 0.3 is 0 Å². The molecule has 5 nitrogen and oxygen atoms in total. The Hall–Kier alpha value is -1.73. The second-order valence-corrected chi connectivity index (χ2v) is 6.23. The average molecular weight is 356 g/mol. The molecule has 0 spiro atoms. The number of ether oxygens (including phenoxy) is 1. The highest BCUT2D eigenvalue weighted by atomic mass is 79.9. The molecule has 1 heterocycles. The standard InChI is InChI=1S/C13H10BrNO4S/c1-8-2-3-13(20-8)12(16)7-19-11-5-9(14)4-10(6-11)15(17)18/h2-6H,7H2,1H3. The first-order valence-electron chi connectivity index (χ1n) is 5.63. The predicted octanol–water partition coefficient (Wildman–Crippen LogP) is 3.99. The zero-order chi connectivity index (χ0) is 14.7. The van der Waals surface area contributed by atoms with Crippen LogP contribution in [0.1, 0.15) is 14.5 Å². The van der Waals surface area contributed by atoms with E-state index in [1.54, 1.807) is 12.1 Å². The van der Waals surface area contributed by atoms with E-state index in [4.69, 9.17) is 4.74 Å². The van der Waals surface area contributed by atoms with Crippen LogP contribution in [-0.2, 0) is 0 Å². The van der Waals surface area contributed by atoms with Crippen molar-refractivity contribution in [3.05, 3.63) is 54.7 Å². The lowest BCUT2D eigenvalue weighted by atomic mass is 10.3. The molecule has 0 saturated heterocycles. The first-order valence-corrected chi connectivity index (χ1v) is 7.24. The summed E-state index contributed by atoms with van der Waals surface area (Å²) in [5.41, 5.74) is -0.0891. The van der Waals surface area contributed by atoms with Gasteiger partial charge in [-0.3, -0.25) is 14.9 Å². The zero-order valence-corrected chi connectivity index (χ0v) is 12.9. The molecule has 0 atom stereocenters. The molecule has 0 radical (unpaired) electrons. The van der Waals surface area contributed by atoms with Gasteiger partial charge in [0.1, 0.15) is 5.75 Å². The van der Waals surface area contributed by atoms with Crippen LogP contribution in [0.4, 0.5) is 5.69 Å². The van der Waals surface area contributed by atoms with Crippen LogP contribution in [0.15, 0.2) is 34.8 Å². The first-order chi connectivity index (χ1) is 9.45. The minimum atomic E-state index is -0.512. The number of halogens is 1. The van der Waals surface area contributed by atoms with Crippen LogP contribution in [0.3, 0.4) is 0 Å². The van der Waals surface area contributed by atoms with Crippen molar-refractivity contribution in [2.24, 2.45) is 0 Å². The van der Waals surface area contributed by atoms with Gasteiger partial charge in [-0.05, 0) is 25.1 Å². The summed E-state index contributed by atoms with van der Waals surface area (Å²) in [6.07, 6.45) is 0. The summed E-state index contributed by atoms with van der Waals surface area (Å²) in [7, 11) is 0. The molecule has 1 aromatic carbocycles. The minimum Gasteiger partial charge on any atom is -0.485 e. The Labute approximate surface area is 127 Å². The molecule has 20 heavy (non-hydrogen) atoms. The Morgan fingerprint density at radius 3 is 2.75 bits per heavy atom. The maximum absolute atomic E-state index is 11.9. The summed E-state index contributed by atoms with van der Waals surface area (Å²) in [5, 5.41) is 10.7. The number of non-ortho nitro benzene ring substituents is 1. The normalized spacial score (nSPS) is 10.3. The van der Waals surface area contributed by atoms with Gasteiger partial charge in [0.25, 0.3) is 5.69 Å². The number of Topliss-reactive ketones (excluding diaryl/α,β-unsaturated/α-hetero) is 1. The van der Waals surface area contributed by atoms with Crippen LogP contribution in [0.25, 0.3) is 0 Å². The molecule has 0 saturated carbocycles. The van der Waals surface area contributed by atoms with Gasteiger partial charge in [0, 0.05) is 15.4 Å². The molecular formula is C13H10BrNO4S. The SMILES string of the molecule is Cc1ccc(C(=O)COc2cc(Br)cc([N+](=O)[O-])c2)s1. The van der Waals surface area contributed by atoms with Gasteiger partial charge in [0.2, 0.25) is 5.78 Å². The van der Waals surface area contributed by atoms with E-state index in [9.17, 15) is 14.9 Å². The highest BCUT2D eigenvalue weighted by Crippen LogP contribution is 2.26. The molecule has 0 bridgehead atoms. The van der Waals surface area contributed by atoms with Crippen LogP contribution in [0, 0.1) is 17.0 Å². The van der Waals surface area contributed by atoms with Gasteiger partial charge in [-0.15, -0.1) is 11.3 Å². The summed E-state index contributed by atoms with van der Waals surface area (Å²) in [5.74, 6) is 0.137. The third kappa shape index (κ3) is 3.64. The van der Waals surface area contributed by atoms with Crippen molar-refractivity contribution >= 4 is 38.7 Å². The van der Waals surface area contributed by atoms with Gasteiger partial charge in [0.05, 0.1) is 15.9 Å². The molecule has 0 amide bonds. The lowest BCUT2D eigenvalue weighted by Gasteiger charge is -2.05. The van der Waals surface area contributed by atoms with Gasteiger partial charge in [-0.25, -0.2) is 0 Å². The Kier molecular flexibility index (Phi) is 4.51. The van der Waals surface area contributed by atoms with Crippen LogP contribution in [0.2, 0.25) is 0 Å². The number of benzene rings is 1. The molecule has 0 N–H and O–H groups in total. The molecule has 7 heteroatoms. The number of carbonyl (C=O) groups excluding carboxylic acids is 1. The monoisotopic (exact) mass is 355 g/mol. The predicted molar refractivity (Wildman–Crippen MR) is 79.7 cm³/mol. The van der Waals surface area contributed by atoms with Crippen molar-refractivity contribution in [3.8, 4) is 5.75 Å². The van der Waals surface area contributed by atoms with Crippen molar-refractivity contribution in [1.29, 1.82) is 0 Å². The quantitative estimate of drug-likeness (QED) is 0.461. The van der Waals surface area contributed by atoms with Crippen LogP contribution in [0.5, 0.6) is 5.75 Å². The molecule has 0 fully saturated rings. The fourth-order valence-electron chi connectivity index (χ4n) is 1.54. The number of hydrogen-bond donors (Lipinski definition) is 0. The first kappa shape index (κ1) is 14.7. The van der Waals surface area contributed by atoms with E-state index in [1.165, 1.54) is 23.5 Å². The lowest BCUT2D eigenvalue weighted by molar-refractivity contribution is -0.385. The van der Waals surface area contributed by atoms with Crippen LogP contribution >= 0.6 is 27.3 Å². The van der Waals surface area contributed by atoms with E-state index < -0.39 is 4.92 Å².